The third kappa shape index (κ3) is 3.06. The molecule has 6 nitrogen and oxygen atoms in total. The summed E-state index contributed by atoms with van der Waals surface area (Å²) in [5, 5.41) is 8.97. The predicted molar refractivity (Wildman–Crippen MR) is 97.2 cm³/mol. The van der Waals surface area contributed by atoms with Crippen LogP contribution in [-0.4, -0.2) is 33.7 Å². The van der Waals surface area contributed by atoms with Crippen LogP contribution in [0.4, 0.5) is 5.95 Å². The monoisotopic (exact) mass is 332 g/mol. The summed E-state index contributed by atoms with van der Waals surface area (Å²) in [6.45, 7) is 2.45. The maximum Gasteiger partial charge on any atom is 0.208 e. The van der Waals surface area contributed by atoms with Crippen molar-refractivity contribution in [2.45, 2.75) is 25.4 Å². The van der Waals surface area contributed by atoms with Crippen LogP contribution in [0.15, 0.2) is 42.6 Å². The summed E-state index contributed by atoms with van der Waals surface area (Å²) in [6.07, 6.45) is 3.93. The van der Waals surface area contributed by atoms with E-state index in [1.165, 1.54) is 0 Å². The fourth-order valence-corrected chi connectivity index (χ4v) is 3.39. The average Bonchev–Trinajstić information content (AvgIpc) is 3.01. The zero-order valence-corrected chi connectivity index (χ0v) is 14.0. The fraction of sp³-hybridized carbons (Fsp3) is 0.316. The minimum atomic E-state index is 0.185. The van der Waals surface area contributed by atoms with E-state index in [1.54, 1.807) is 6.20 Å². The second kappa shape index (κ2) is 6.54. The van der Waals surface area contributed by atoms with E-state index < -0.39 is 0 Å². The van der Waals surface area contributed by atoms with Gasteiger partial charge in [-0.2, -0.15) is 5.26 Å². The largest absolute Gasteiger partial charge is 0.341 e. The van der Waals surface area contributed by atoms with Gasteiger partial charge in [0.15, 0.2) is 5.65 Å². The first-order valence-electron chi connectivity index (χ1n) is 8.55. The van der Waals surface area contributed by atoms with Crippen LogP contribution in [-0.2, 0) is 6.54 Å². The molecular formula is C19H20N6. The van der Waals surface area contributed by atoms with E-state index in [1.807, 2.05) is 36.4 Å². The third-order valence-corrected chi connectivity index (χ3v) is 4.65. The SMILES string of the molecule is N#Cc1ccc(Cn2c(N3CCC[C@H](N)C3)nc3cccnc32)cc1. The molecule has 1 aromatic carbocycles. The molecule has 1 fully saturated rings. The van der Waals surface area contributed by atoms with E-state index in [-0.39, 0.29) is 6.04 Å². The average molecular weight is 332 g/mol. The Balaban J connectivity index is 1.74. The normalized spacial score (nSPS) is 17.6. The highest BCUT2D eigenvalue weighted by molar-refractivity contribution is 5.74. The molecule has 0 spiro atoms. The van der Waals surface area contributed by atoms with Crippen LogP contribution in [0.5, 0.6) is 0 Å². The Morgan fingerprint density at radius 1 is 1.24 bits per heavy atom. The van der Waals surface area contributed by atoms with Gasteiger partial charge in [-0.15, -0.1) is 0 Å². The zero-order valence-electron chi connectivity index (χ0n) is 14.0. The highest BCUT2D eigenvalue weighted by Gasteiger charge is 2.23. The maximum absolute atomic E-state index is 8.97. The molecule has 1 aliphatic heterocycles. The van der Waals surface area contributed by atoms with E-state index in [4.69, 9.17) is 16.0 Å². The van der Waals surface area contributed by atoms with Gasteiger partial charge in [-0.05, 0) is 42.7 Å². The van der Waals surface area contributed by atoms with Gasteiger partial charge in [0.2, 0.25) is 5.95 Å². The number of hydrogen-bond donors (Lipinski definition) is 1. The molecule has 1 atom stereocenters. The molecule has 6 heteroatoms. The molecule has 4 rings (SSSR count). The zero-order chi connectivity index (χ0) is 17.2. The molecule has 3 heterocycles. The van der Waals surface area contributed by atoms with E-state index in [2.05, 4.69) is 20.5 Å². The first kappa shape index (κ1) is 15.6. The van der Waals surface area contributed by atoms with Crippen molar-refractivity contribution in [1.29, 1.82) is 5.26 Å². The lowest BCUT2D eigenvalue weighted by molar-refractivity contribution is 0.495. The van der Waals surface area contributed by atoms with Crippen molar-refractivity contribution in [2.75, 3.05) is 18.0 Å². The van der Waals surface area contributed by atoms with Crippen molar-refractivity contribution in [3.63, 3.8) is 0 Å². The van der Waals surface area contributed by atoms with Gasteiger partial charge in [0, 0.05) is 25.3 Å². The first-order chi connectivity index (χ1) is 12.2. The van der Waals surface area contributed by atoms with Crippen LogP contribution in [0, 0.1) is 11.3 Å². The summed E-state index contributed by atoms with van der Waals surface area (Å²) in [7, 11) is 0. The third-order valence-electron chi connectivity index (χ3n) is 4.65. The number of nitrogens with two attached hydrogens (primary N) is 1. The number of benzene rings is 1. The molecule has 0 saturated carbocycles. The van der Waals surface area contributed by atoms with E-state index in [9.17, 15) is 0 Å². The highest BCUT2D eigenvalue weighted by atomic mass is 15.3. The first-order valence-corrected chi connectivity index (χ1v) is 8.55. The van der Waals surface area contributed by atoms with Gasteiger partial charge < -0.3 is 10.6 Å². The number of piperidine rings is 1. The van der Waals surface area contributed by atoms with Gasteiger partial charge in [-0.25, -0.2) is 9.97 Å². The van der Waals surface area contributed by atoms with Crippen LogP contribution in [0.1, 0.15) is 24.0 Å². The summed E-state index contributed by atoms with van der Waals surface area (Å²) in [6, 6.07) is 13.9. The van der Waals surface area contributed by atoms with Crippen molar-refractivity contribution in [1.82, 2.24) is 14.5 Å². The predicted octanol–water partition coefficient (Wildman–Crippen LogP) is 2.28. The number of rotatable bonds is 3. The summed E-state index contributed by atoms with van der Waals surface area (Å²) >= 11 is 0. The second-order valence-corrected chi connectivity index (χ2v) is 6.50. The molecule has 0 aliphatic carbocycles. The Morgan fingerprint density at radius 2 is 2.08 bits per heavy atom. The Kier molecular flexibility index (Phi) is 4.08. The molecule has 0 unspecified atom stereocenters. The van der Waals surface area contributed by atoms with Gasteiger partial charge in [0.05, 0.1) is 18.2 Å². The fourth-order valence-electron chi connectivity index (χ4n) is 3.39. The van der Waals surface area contributed by atoms with Crippen molar-refractivity contribution in [3.8, 4) is 6.07 Å². The second-order valence-electron chi connectivity index (χ2n) is 6.50. The number of aromatic nitrogens is 3. The molecule has 25 heavy (non-hydrogen) atoms. The van der Waals surface area contributed by atoms with Gasteiger partial charge in [-0.1, -0.05) is 12.1 Å². The van der Waals surface area contributed by atoms with Crippen LogP contribution in [0.25, 0.3) is 11.2 Å². The van der Waals surface area contributed by atoms with Crippen LogP contribution in [0.3, 0.4) is 0 Å². The molecule has 2 aromatic heterocycles. The van der Waals surface area contributed by atoms with Gasteiger partial charge in [0.1, 0.15) is 5.52 Å². The molecule has 0 amide bonds. The molecule has 1 aliphatic rings. The van der Waals surface area contributed by atoms with E-state index in [0.29, 0.717) is 12.1 Å². The van der Waals surface area contributed by atoms with Gasteiger partial charge >= 0.3 is 0 Å². The summed E-state index contributed by atoms with van der Waals surface area (Å²) in [5.74, 6) is 0.924. The number of imidazole rings is 1. The van der Waals surface area contributed by atoms with Crippen LogP contribution in [0.2, 0.25) is 0 Å². The smallest absolute Gasteiger partial charge is 0.208 e. The summed E-state index contributed by atoms with van der Waals surface area (Å²) in [5.41, 5.74) is 9.72. The van der Waals surface area contributed by atoms with E-state index in [0.717, 1.165) is 48.6 Å². The molecule has 1 saturated heterocycles. The standard InChI is InChI=1S/C19H20N6/c20-11-14-5-7-15(8-6-14)12-25-18-17(4-1-9-22-18)23-19(25)24-10-2-3-16(21)13-24/h1,4-9,16H,2-3,10,12-13,21H2/t16-/m0/s1. The maximum atomic E-state index is 8.97. The van der Waals surface area contributed by atoms with Crippen molar-refractivity contribution in [3.05, 3.63) is 53.7 Å². The van der Waals surface area contributed by atoms with Crippen molar-refractivity contribution in [2.24, 2.45) is 5.73 Å². The van der Waals surface area contributed by atoms with Crippen LogP contribution >= 0.6 is 0 Å². The van der Waals surface area contributed by atoms with Crippen LogP contribution < -0.4 is 10.6 Å². The quantitative estimate of drug-likeness (QED) is 0.795. The lowest BCUT2D eigenvalue weighted by atomic mass is 10.1. The lowest BCUT2D eigenvalue weighted by Gasteiger charge is -2.31. The van der Waals surface area contributed by atoms with Crippen molar-refractivity contribution >= 4 is 17.1 Å². The highest BCUT2D eigenvalue weighted by Crippen LogP contribution is 2.25. The van der Waals surface area contributed by atoms with E-state index >= 15 is 0 Å². The number of anilines is 1. The number of nitrogens with zero attached hydrogens (tertiary/aromatic N) is 5. The Bertz CT molecular complexity index is 921. The summed E-state index contributed by atoms with van der Waals surface area (Å²) < 4.78 is 2.15. The number of hydrogen-bond acceptors (Lipinski definition) is 5. The Morgan fingerprint density at radius 3 is 2.84 bits per heavy atom. The molecule has 2 N–H and O–H groups in total. The molecule has 126 valence electrons. The molecule has 3 aromatic rings. The van der Waals surface area contributed by atoms with Gasteiger partial charge in [0.25, 0.3) is 0 Å². The van der Waals surface area contributed by atoms with Gasteiger partial charge in [-0.3, -0.25) is 4.57 Å². The minimum absolute atomic E-state index is 0.185. The number of fused-ring (bicyclic) bond motifs is 1. The molecular weight excluding hydrogens is 312 g/mol. The topological polar surface area (TPSA) is 83.8 Å². The van der Waals surface area contributed by atoms with Crippen molar-refractivity contribution < 1.29 is 0 Å². The molecule has 0 radical (unpaired) electrons. The molecule has 0 bridgehead atoms. The Labute approximate surface area is 146 Å². The summed E-state index contributed by atoms with van der Waals surface area (Å²) in [4.78, 5) is 11.6. The number of pyridine rings is 1. The minimum Gasteiger partial charge on any atom is -0.341 e. The Hall–Kier alpha value is -2.91. The number of nitriles is 1. The lowest BCUT2D eigenvalue weighted by Crippen LogP contribution is -2.44.